The van der Waals surface area contributed by atoms with Crippen LogP contribution in [0, 0.1) is 0 Å². The zero-order valence-corrected chi connectivity index (χ0v) is 8.75. The molecular weight excluding hydrogens is 237 g/mol. The van der Waals surface area contributed by atoms with Gasteiger partial charge in [0.1, 0.15) is 0 Å². The van der Waals surface area contributed by atoms with Crippen LogP contribution in [-0.4, -0.2) is 18.7 Å². The van der Waals surface area contributed by atoms with E-state index in [9.17, 15) is 18.0 Å². The second kappa shape index (κ2) is 5.65. The number of hydroxylamine groups is 1. The number of carbonyl (C=O) groups is 1. The molecule has 1 aromatic rings. The highest BCUT2D eigenvalue weighted by Gasteiger charge is 2.27. The zero-order chi connectivity index (χ0) is 12.9. The molecule has 17 heavy (non-hydrogen) atoms. The van der Waals surface area contributed by atoms with Crippen LogP contribution in [0.4, 0.5) is 13.2 Å². The fourth-order valence-electron chi connectivity index (χ4n) is 1.05. The van der Waals surface area contributed by atoms with Crippen molar-refractivity contribution >= 4 is 5.91 Å². The number of carbonyl (C=O) groups excluding carboxylic acids is 1. The zero-order valence-electron chi connectivity index (χ0n) is 8.75. The van der Waals surface area contributed by atoms with E-state index in [1.165, 1.54) is 12.1 Å². The Labute approximate surface area is 95.5 Å². The van der Waals surface area contributed by atoms with Gasteiger partial charge in [0.05, 0.1) is 0 Å². The molecule has 7 heteroatoms. The Morgan fingerprint density at radius 1 is 1.29 bits per heavy atom. The monoisotopic (exact) mass is 248 g/mol. The number of rotatable bonds is 5. The highest BCUT2D eigenvalue weighted by Crippen LogP contribution is 2.13. The molecule has 0 bridgehead atoms. The van der Waals surface area contributed by atoms with Crippen LogP contribution in [0.3, 0.4) is 0 Å². The van der Waals surface area contributed by atoms with E-state index in [-0.39, 0.29) is 6.54 Å². The van der Waals surface area contributed by atoms with E-state index in [4.69, 9.17) is 5.73 Å². The summed E-state index contributed by atoms with van der Waals surface area (Å²) >= 11 is 0. The summed E-state index contributed by atoms with van der Waals surface area (Å²) in [6.07, 6.45) is -4.36. The Bertz CT molecular complexity index is 376. The van der Waals surface area contributed by atoms with Gasteiger partial charge in [-0.2, -0.15) is 18.7 Å². The molecule has 94 valence electrons. The first kappa shape index (κ1) is 13.5. The minimum atomic E-state index is -4.36. The lowest BCUT2D eigenvalue weighted by Crippen LogP contribution is -2.24. The van der Waals surface area contributed by atoms with Gasteiger partial charge in [0, 0.05) is 12.1 Å². The van der Waals surface area contributed by atoms with E-state index >= 15 is 0 Å². The van der Waals surface area contributed by atoms with Gasteiger partial charge in [-0.25, -0.2) is 0 Å². The molecule has 3 N–H and O–H groups in total. The van der Waals surface area contributed by atoms with Crippen LogP contribution in [-0.2, 0) is 11.4 Å². The van der Waals surface area contributed by atoms with E-state index in [2.05, 4.69) is 10.3 Å². The van der Waals surface area contributed by atoms with Gasteiger partial charge in [-0.05, 0) is 17.7 Å². The number of amides is 1. The van der Waals surface area contributed by atoms with Crippen molar-refractivity contribution in [2.75, 3.05) is 6.61 Å². The third kappa shape index (κ3) is 5.32. The standard InChI is InChI=1S/C10H11F3N2O2/c11-10(12,13)6-17-15-5-7-1-3-8(4-2-7)9(14)16/h1-4,15H,5-6H2,(H2,14,16). The lowest BCUT2D eigenvalue weighted by molar-refractivity contribution is -0.190. The summed E-state index contributed by atoms with van der Waals surface area (Å²) in [6, 6.07) is 6.13. The maximum absolute atomic E-state index is 11.7. The molecule has 0 aliphatic heterocycles. The molecule has 0 unspecified atom stereocenters. The van der Waals surface area contributed by atoms with Crippen molar-refractivity contribution in [2.24, 2.45) is 5.73 Å². The van der Waals surface area contributed by atoms with Crippen LogP contribution >= 0.6 is 0 Å². The van der Waals surface area contributed by atoms with Crippen molar-refractivity contribution in [3.63, 3.8) is 0 Å². The van der Waals surface area contributed by atoms with Gasteiger partial charge < -0.3 is 5.73 Å². The van der Waals surface area contributed by atoms with Gasteiger partial charge in [-0.3, -0.25) is 9.63 Å². The molecule has 0 radical (unpaired) electrons. The van der Waals surface area contributed by atoms with Crippen molar-refractivity contribution < 1.29 is 22.8 Å². The molecule has 1 rings (SSSR count). The number of alkyl halides is 3. The minimum absolute atomic E-state index is 0.106. The molecule has 0 fully saturated rings. The van der Waals surface area contributed by atoms with E-state index in [0.29, 0.717) is 11.1 Å². The summed E-state index contributed by atoms with van der Waals surface area (Å²) < 4.78 is 35.1. The predicted molar refractivity (Wildman–Crippen MR) is 53.8 cm³/mol. The Morgan fingerprint density at radius 3 is 2.35 bits per heavy atom. The molecule has 1 amide bonds. The van der Waals surface area contributed by atoms with Crippen molar-refractivity contribution in [1.29, 1.82) is 0 Å². The third-order valence-electron chi connectivity index (χ3n) is 1.85. The maximum atomic E-state index is 11.7. The molecule has 0 saturated carbocycles. The largest absolute Gasteiger partial charge is 0.413 e. The van der Waals surface area contributed by atoms with E-state index in [1.807, 2.05) is 0 Å². The summed E-state index contributed by atoms with van der Waals surface area (Å²) in [5, 5.41) is 0. The normalized spacial score (nSPS) is 11.5. The number of hydrogen-bond acceptors (Lipinski definition) is 3. The topological polar surface area (TPSA) is 64.4 Å². The number of hydrogen-bond donors (Lipinski definition) is 2. The van der Waals surface area contributed by atoms with Crippen molar-refractivity contribution in [3.05, 3.63) is 35.4 Å². The fourth-order valence-corrected chi connectivity index (χ4v) is 1.05. The quantitative estimate of drug-likeness (QED) is 0.611. The Balaban J connectivity index is 2.35. The molecule has 1 aromatic carbocycles. The first-order valence-electron chi connectivity index (χ1n) is 4.68. The maximum Gasteiger partial charge on any atom is 0.413 e. The van der Waals surface area contributed by atoms with Crippen LogP contribution < -0.4 is 11.2 Å². The second-order valence-corrected chi connectivity index (χ2v) is 3.29. The first-order valence-corrected chi connectivity index (χ1v) is 4.68. The minimum Gasteiger partial charge on any atom is -0.366 e. The molecule has 0 aliphatic carbocycles. The predicted octanol–water partition coefficient (Wildman–Crippen LogP) is 1.37. The van der Waals surface area contributed by atoms with E-state index < -0.39 is 18.7 Å². The number of nitrogens with one attached hydrogen (secondary N) is 1. The summed E-state index contributed by atoms with van der Waals surface area (Å²) in [5.74, 6) is -0.558. The van der Waals surface area contributed by atoms with Gasteiger partial charge in [-0.1, -0.05) is 12.1 Å². The molecule has 0 spiro atoms. The fraction of sp³-hybridized carbons (Fsp3) is 0.300. The lowest BCUT2D eigenvalue weighted by Gasteiger charge is -2.08. The summed E-state index contributed by atoms with van der Waals surface area (Å²) in [4.78, 5) is 15.0. The van der Waals surface area contributed by atoms with Crippen molar-refractivity contribution in [1.82, 2.24) is 5.48 Å². The Morgan fingerprint density at radius 2 is 1.88 bits per heavy atom. The second-order valence-electron chi connectivity index (χ2n) is 3.29. The van der Waals surface area contributed by atoms with E-state index in [1.54, 1.807) is 12.1 Å². The van der Waals surface area contributed by atoms with Gasteiger partial charge in [0.25, 0.3) is 0 Å². The van der Waals surface area contributed by atoms with E-state index in [0.717, 1.165) is 0 Å². The smallest absolute Gasteiger partial charge is 0.366 e. The summed E-state index contributed by atoms with van der Waals surface area (Å²) in [6.45, 7) is -1.25. The van der Waals surface area contributed by atoms with Gasteiger partial charge in [-0.15, -0.1) is 0 Å². The van der Waals surface area contributed by atoms with Crippen LogP contribution in [0.25, 0.3) is 0 Å². The van der Waals surface area contributed by atoms with Crippen LogP contribution in [0.5, 0.6) is 0 Å². The molecule has 0 atom stereocenters. The average Bonchev–Trinajstić information content (AvgIpc) is 2.24. The van der Waals surface area contributed by atoms with Gasteiger partial charge in [0.15, 0.2) is 6.61 Å². The molecule has 0 saturated heterocycles. The molecular formula is C10H11F3N2O2. The molecule has 0 heterocycles. The summed E-state index contributed by atoms with van der Waals surface area (Å²) in [7, 11) is 0. The van der Waals surface area contributed by atoms with Crippen LogP contribution in [0.15, 0.2) is 24.3 Å². The average molecular weight is 248 g/mol. The molecule has 0 aromatic heterocycles. The highest BCUT2D eigenvalue weighted by molar-refractivity contribution is 5.92. The number of benzene rings is 1. The summed E-state index contributed by atoms with van der Waals surface area (Å²) in [5.41, 5.74) is 8.22. The number of primary amides is 1. The van der Waals surface area contributed by atoms with Crippen molar-refractivity contribution in [2.45, 2.75) is 12.7 Å². The first-order chi connectivity index (χ1) is 7.88. The van der Waals surface area contributed by atoms with Gasteiger partial charge >= 0.3 is 6.18 Å². The van der Waals surface area contributed by atoms with Crippen molar-refractivity contribution in [3.8, 4) is 0 Å². The number of halogens is 3. The SMILES string of the molecule is NC(=O)c1ccc(CNOCC(F)(F)F)cc1. The molecule has 0 aliphatic rings. The Kier molecular flexibility index (Phi) is 4.47. The van der Waals surface area contributed by atoms with Crippen LogP contribution in [0.2, 0.25) is 0 Å². The third-order valence-corrected chi connectivity index (χ3v) is 1.85. The Hall–Kier alpha value is -1.60. The van der Waals surface area contributed by atoms with Crippen LogP contribution in [0.1, 0.15) is 15.9 Å². The van der Waals surface area contributed by atoms with Gasteiger partial charge in [0.2, 0.25) is 5.91 Å². The lowest BCUT2D eigenvalue weighted by atomic mass is 10.1. The number of nitrogens with two attached hydrogens (primary N) is 1. The highest BCUT2D eigenvalue weighted by atomic mass is 19.4. The molecule has 4 nitrogen and oxygen atoms in total.